The van der Waals surface area contributed by atoms with E-state index in [1.807, 2.05) is 20.8 Å². The lowest BCUT2D eigenvalue weighted by Gasteiger charge is -2.23. The Morgan fingerprint density at radius 1 is 1.37 bits per heavy atom. The highest BCUT2D eigenvalue weighted by atomic mass is 35.5. The van der Waals surface area contributed by atoms with Crippen LogP contribution < -0.4 is 5.73 Å². The van der Waals surface area contributed by atoms with Gasteiger partial charge in [-0.25, -0.2) is 4.39 Å². The maximum absolute atomic E-state index is 13.4. The van der Waals surface area contributed by atoms with Crippen LogP contribution in [-0.2, 0) is 0 Å². The molecule has 0 aliphatic carbocycles. The van der Waals surface area contributed by atoms with Gasteiger partial charge in [0.15, 0.2) is 5.82 Å². The van der Waals surface area contributed by atoms with E-state index in [1.165, 1.54) is 12.1 Å². The van der Waals surface area contributed by atoms with Gasteiger partial charge in [-0.2, -0.15) is 4.98 Å². The molecule has 1 aromatic heterocycles. The van der Waals surface area contributed by atoms with E-state index in [2.05, 4.69) is 10.1 Å². The number of nitrogens with zero attached hydrogens (tertiary/aromatic N) is 2. The summed E-state index contributed by atoms with van der Waals surface area (Å²) in [5.74, 6) is 0.0992. The molecule has 0 radical (unpaired) electrons. The minimum Gasteiger partial charge on any atom is -0.334 e. The van der Waals surface area contributed by atoms with Gasteiger partial charge in [0.25, 0.3) is 5.89 Å². The minimum atomic E-state index is -0.529. The summed E-state index contributed by atoms with van der Waals surface area (Å²) < 4.78 is 18.5. The lowest BCUT2D eigenvalue weighted by Crippen LogP contribution is -2.27. The Morgan fingerprint density at radius 3 is 2.63 bits per heavy atom. The van der Waals surface area contributed by atoms with Crippen LogP contribution in [0, 0.1) is 11.2 Å². The van der Waals surface area contributed by atoms with Crippen molar-refractivity contribution in [1.82, 2.24) is 10.1 Å². The van der Waals surface area contributed by atoms with Crippen molar-refractivity contribution in [3.63, 3.8) is 0 Å². The topological polar surface area (TPSA) is 64.9 Å². The first-order valence-corrected chi connectivity index (χ1v) is 6.21. The summed E-state index contributed by atoms with van der Waals surface area (Å²) >= 11 is 5.62. The van der Waals surface area contributed by atoms with Gasteiger partial charge in [-0.1, -0.05) is 37.5 Å². The van der Waals surface area contributed by atoms with Crippen LogP contribution in [0.4, 0.5) is 4.39 Å². The maximum atomic E-state index is 13.4. The minimum absolute atomic E-state index is 0.0508. The lowest BCUT2D eigenvalue weighted by atomic mass is 9.87. The normalized spacial score (nSPS) is 13.6. The van der Waals surface area contributed by atoms with Gasteiger partial charge in [0.1, 0.15) is 5.82 Å². The zero-order valence-corrected chi connectivity index (χ0v) is 11.7. The number of rotatable bonds is 2. The van der Waals surface area contributed by atoms with Crippen molar-refractivity contribution < 1.29 is 8.91 Å². The Kier molecular flexibility index (Phi) is 3.60. The van der Waals surface area contributed by atoms with Crippen LogP contribution in [0.2, 0.25) is 5.02 Å². The summed E-state index contributed by atoms with van der Waals surface area (Å²) in [6.07, 6.45) is 0. The SMILES string of the molecule is CC(C)(C)C(N)c1noc(-c2ccc(Cl)c(F)c2)n1. The van der Waals surface area contributed by atoms with Crippen molar-refractivity contribution in [2.45, 2.75) is 26.8 Å². The van der Waals surface area contributed by atoms with Gasteiger partial charge in [0, 0.05) is 5.56 Å². The van der Waals surface area contributed by atoms with E-state index < -0.39 is 5.82 Å². The second-order valence-corrected chi connectivity index (χ2v) is 5.84. The second-order valence-electron chi connectivity index (χ2n) is 5.43. The quantitative estimate of drug-likeness (QED) is 0.915. The third kappa shape index (κ3) is 2.93. The van der Waals surface area contributed by atoms with Crippen molar-refractivity contribution in [3.05, 3.63) is 34.9 Å². The number of hydrogen-bond acceptors (Lipinski definition) is 4. The molecule has 0 spiro atoms. The van der Waals surface area contributed by atoms with Gasteiger partial charge in [-0.3, -0.25) is 0 Å². The Morgan fingerprint density at radius 2 is 2.05 bits per heavy atom. The summed E-state index contributed by atoms with van der Waals surface area (Å²) in [5, 5.41) is 3.90. The molecule has 0 amide bonds. The van der Waals surface area contributed by atoms with Gasteiger partial charge in [-0.05, 0) is 23.6 Å². The van der Waals surface area contributed by atoms with Gasteiger partial charge >= 0.3 is 0 Å². The molecule has 2 N–H and O–H groups in total. The summed E-state index contributed by atoms with van der Waals surface area (Å²) in [4.78, 5) is 4.21. The molecular formula is C13H15ClFN3O. The van der Waals surface area contributed by atoms with Crippen LogP contribution in [0.3, 0.4) is 0 Å². The van der Waals surface area contributed by atoms with Gasteiger partial charge in [0.2, 0.25) is 0 Å². The molecule has 0 fully saturated rings. The molecule has 1 aromatic carbocycles. The van der Waals surface area contributed by atoms with E-state index in [9.17, 15) is 4.39 Å². The van der Waals surface area contributed by atoms with Gasteiger partial charge < -0.3 is 10.3 Å². The standard InChI is InChI=1S/C13H15ClFN3O/c1-13(2,3)10(16)11-17-12(19-18-11)7-4-5-8(14)9(15)6-7/h4-6,10H,16H2,1-3H3. The van der Waals surface area contributed by atoms with Crippen molar-refractivity contribution in [1.29, 1.82) is 0 Å². The maximum Gasteiger partial charge on any atom is 0.258 e. The van der Waals surface area contributed by atoms with Crippen LogP contribution in [-0.4, -0.2) is 10.1 Å². The van der Waals surface area contributed by atoms with Gasteiger partial charge in [0.05, 0.1) is 11.1 Å². The molecule has 0 saturated carbocycles. The molecule has 2 rings (SSSR count). The second kappa shape index (κ2) is 4.90. The van der Waals surface area contributed by atoms with E-state index in [4.69, 9.17) is 21.9 Å². The molecule has 0 saturated heterocycles. The summed E-state index contributed by atoms with van der Waals surface area (Å²) in [7, 11) is 0. The molecule has 0 aliphatic rings. The first kappa shape index (κ1) is 14.0. The summed E-state index contributed by atoms with van der Waals surface area (Å²) in [6.45, 7) is 5.95. The van der Waals surface area contributed by atoms with E-state index >= 15 is 0 Å². The molecule has 0 bridgehead atoms. The smallest absolute Gasteiger partial charge is 0.258 e. The van der Waals surface area contributed by atoms with E-state index in [0.717, 1.165) is 0 Å². The molecule has 19 heavy (non-hydrogen) atoms. The highest BCUT2D eigenvalue weighted by Gasteiger charge is 2.27. The average Bonchev–Trinajstić information content (AvgIpc) is 2.79. The Labute approximate surface area is 115 Å². The molecule has 1 heterocycles. The predicted octanol–water partition coefficient (Wildman–Crippen LogP) is 3.58. The van der Waals surface area contributed by atoms with E-state index in [0.29, 0.717) is 11.4 Å². The zero-order valence-electron chi connectivity index (χ0n) is 10.9. The number of halogens is 2. The number of hydrogen-bond donors (Lipinski definition) is 1. The predicted molar refractivity (Wildman–Crippen MR) is 71.1 cm³/mol. The zero-order chi connectivity index (χ0) is 14.2. The van der Waals surface area contributed by atoms with Crippen LogP contribution in [0.5, 0.6) is 0 Å². The molecule has 1 unspecified atom stereocenters. The summed E-state index contributed by atoms with van der Waals surface area (Å²) in [6, 6.07) is 3.95. The first-order chi connectivity index (χ1) is 8.79. The fourth-order valence-corrected chi connectivity index (χ4v) is 1.61. The fourth-order valence-electron chi connectivity index (χ4n) is 1.49. The average molecular weight is 284 g/mol. The van der Waals surface area contributed by atoms with Gasteiger partial charge in [-0.15, -0.1) is 0 Å². The molecule has 1 atom stereocenters. The van der Waals surface area contributed by atoms with Crippen LogP contribution >= 0.6 is 11.6 Å². The highest BCUT2D eigenvalue weighted by molar-refractivity contribution is 6.30. The number of benzene rings is 1. The Bertz CT molecular complexity index is 592. The Balaban J connectivity index is 2.33. The van der Waals surface area contributed by atoms with Crippen molar-refractivity contribution >= 4 is 11.6 Å². The molecule has 4 nitrogen and oxygen atoms in total. The number of aromatic nitrogens is 2. The highest BCUT2D eigenvalue weighted by Crippen LogP contribution is 2.30. The third-order valence-corrected chi connectivity index (χ3v) is 3.13. The van der Waals surface area contributed by atoms with Crippen LogP contribution in [0.25, 0.3) is 11.5 Å². The molecule has 6 heteroatoms. The molecular weight excluding hydrogens is 269 g/mol. The Hall–Kier alpha value is -1.46. The molecule has 0 aliphatic heterocycles. The fraction of sp³-hybridized carbons (Fsp3) is 0.385. The molecule has 2 aromatic rings. The largest absolute Gasteiger partial charge is 0.334 e. The van der Waals surface area contributed by atoms with Crippen LogP contribution in [0.1, 0.15) is 32.6 Å². The van der Waals surface area contributed by atoms with Crippen molar-refractivity contribution in [3.8, 4) is 11.5 Å². The number of nitrogens with two attached hydrogens (primary N) is 1. The monoisotopic (exact) mass is 283 g/mol. The van der Waals surface area contributed by atoms with Crippen molar-refractivity contribution in [2.24, 2.45) is 11.1 Å². The summed E-state index contributed by atoms with van der Waals surface area (Å²) in [5.41, 5.74) is 6.32. The van der Waals surface area contributed by atoms with Crippen molar-refractivity contribution in [2.75, 3.05) is 0 Å². The first-order valence-electron chi connectivity index (χ1n) is 5.83. The third-order valence-electron chi connectivity index (χ3n) is 2.82. The van der Waals surface area contributed by atoms with E-state index in [1.54, 1.807) is 6.07 Å². The van der Waals surface area contributed by atoms with E-state index in [-0.39, 0.29) is 22.4 Å². The molecule has 102 valence electrons. The van der Waals surface area contributed by atoms with Crippen LogP contribution in [0.15, 0.2) is 22.7 Å². The lowest BCUT2D eigenvalue weighted by molar-refractivity contribution is 0.303.